The monoisotopic (exact) mass is 242 g/mol. The van der Waals surface area contributed by atoms with Crippen LogP contribution in [-0.4, -0.2) is 0 Å². The number of fused-ring (bicyclic) bond motifs is 1. The second-order valence-electron chi connectivity index (χ2n) is 4.71. The molecule has 3 rings (SSSR count). The summed E-state index contributed by atoms with van der Waals surface area (Å²) in [5.74, 6) is 0. The minimum atomic E-state index is 0.812. The Labute approximate surface area is 107 Å². The van der Waals surface area contributed by atoms with Crippen molar-refractivity contribution in [3.05, 3.63) is 69.7 Å². The SMILES string of the molecule is Clc1ccc(Cc2cccc3c2CCC3)cc1. The van der Waals surface area contributed by atoms with Gasteiger partial charge in [-0.05, 0) is 60.1 Å². The van der Waals surface area contributed by atoms with Gasteiger partial charge in [-0.15, -0.1) is 0 Å². The van der Waals surface area contributed by atoms with Crippen molar-refractivity contribution in [2.75, 3.05) is 0 Å². The third-order valence-corrected chi connectivity index (χ3v) is 3.80. The van der Waals surface area contributed by atoms with E-state index >= 15 is 0 Å². The predicted molar refractivity (Wildman–Crippen MR) is 72.7 cm³/mol. The summed E-state index contributed by atoms with van der Waals surface area (Å²) in [6.07, 6.45) is 4.84. The van der Waals surface area contributed by atoms with Crippen molar-refractivity contribution < 1.29 is 0 Å². The highest BCUT2D eigenvalue weighted by Crippen LogP contribution is 2.27. The lowest BCUT2D eigenvalue weighted by atomic mass is 9.97. The summed E-state index contributed by atoms with van der Waals surface area (Å²) < 4.78 is 0. The van der Waals surface area contributed by atoms with Gasteiger partial charge in [0.15, 0.2) is 0 Å². The molecule has 86 valence electrons. The predicted octanol–water partition coefficient (Wildman–Crippen LogP) is 4.42. The van der Waals surface area contributed by atoms with Crippen molar-refractivity contribution in [1.29, 1.82) is 0 Å². The maximum atomic E-state index is 5.91. The average Bonchev–Trinajstić information content (AvgIpc) is 2.81. The molecule has 0 atom stereocenters. The Morgan fingerprint density at radius 3 is 2.59 bits per heavy atom. The van der Waals surface area contributed by atoms with Gasteiger partial charge in [0.25, 0.3) is 0 Å². The van der Waals surface area contributed by atoms with E-state index in [4.69, 9.17) is 11.6 Å². The van der Waals surface area contributed by atoms with E-state index in [1.165, 1.54) is 30.4 Å². The lowest BCUT2D eigenvalue weighted by molar-refractivity contribution is 0.907. The molecule has 1 aliphatic rings. The van der Waals surface area contributed by atoms with E-state index in [9.17, 15) is 0 Å². The van der Waals surface area contributed by atoms with Crippen molar-refractivity contribution in [2.24, 2.45) is 0 Å². The Bertz CT molecular complexity index is 526. The first-order chi connectivity index (χ1) is 8.33. The number of hydrogen-bond donors (Lipinski definition) is 0. The molecule has 0 fully saturated rings. The van der Waals surface area contributed by atoms with Gasteiger partial charge >= 0.3 is 0 Å². The molecule has 0 radical (unpaired) electrons. The highest BCUT2D eigenvalue weighted by Gasteiger charge is 2.14. The van der Waals surface area contributed by atoms with Crippen LogP contribution in [0.25, 0.3) is 0 Å². The van der Waals surface area contributed by atoms with Crippen molar-refractivity contribution in [1.82, 2.24) is 0 Å². The third-order valence-electron chi connectivity index (χ3n) is 3.55. The molecule has 1 heteroatoms. The summed E-state index contributed by atoms with van der Waals surface area (Å²) in [5.41, 5.74) is 5.97. The maximum Gasteiger partial charge on any atom is 0.0406 e. The van der Waals surface area contributed by atoms with Crippen LogP contribution in [0.4, 0.5) is 0 Å². The van der Waals surface area contributed by atoms with Crippen LogP contribution in [0, 0.1) is 0 Å². The Kier molecular flexibility index (Phi) is 2.90. The van der Waals surface area contributed by atoms with Gasteiger partial charge in [-0.2, -0.15) is 0 Å². The van der Waals surface area contributed by atoms with Gasteiger partial charge in [-0.1, -0.05) is 41.9 Å². The Balaban J connectivity index is 1.91. The topological polar surface area (TPSA) is 0 Å². The van der Waals surface area contributed by atoms with Crippen LogP contribution in [-0.2, 0) is 19.3 Å². The van der Waals surface area contributed by atoms with Crippen LogP contribution >= 0.6 is 11.6 Å². The van der Waals surface area contributed by atoms with Crippen molar-refractivity contribution in [3.63, 3.8) is 0 Å². The van der Waals surface area contributed by atoms with Crippen LogP contribution in [0.2, 0.25) is 5.02 Å². The molecule has 0 amide bonds. The molecular weight excluding hydrogens is 228 g/mol. The summed E-state index contributed by atoms with van der Waals surface area (Å²) in [5, 5.41) is 0.812. The molecule has 0 aliphatic heterocycles. The quantitative estimate of drug-likeness (QED) is 0.731. The number of rotatable bonds is 2. The minimum Gasteiger partial charge on any atom is -0.0843 e. The van der Waals surface area contributed by atoms with Gasteiger partial charge in [0, 0.05) is 5.02 Å². The smallest absolute Gasteiger partial charge is 0.0406 e. The number of halogens is 1. The van der Waals surface area contributed by atoms with Crippen LogP contribution in [0.15, 0.2) is 42.5 Å². The summed E-state index contributed by atoms with van der Waals surface area (Å²) in [6.45, 7) is 0. The van der Waals surface area contributed by atoms with E-state index in [-0.39, 0.29) is 0 Å². The first-order valence-electron chi connectivity index (χ1n) is 6.17. The lowest BCUT2D eigenvalue weighted by Crippen LogP contribution is -1.94. The van der Waals surface area contributed by atoms with E-state index in [1.807, 2.05) is 12.1 Å². The molecule has 0 bridgehead atoms. The second kappa shape index (κ2) is 4.54. The fraction of sp³-hybridized carbons (Fsp3) is 0.250. The summed E-state index contributed by atoms with van der Waals surface area (Å²) in [7, 11) is 0. The third kappa shape index (κ3) is 2.23. The fourth-order valence-electron chi connectivity index (χ4n) is 2.69. The maximum absolute atomic E-state index is 5.91. The van der Waals surface area contributed by atoms with Gasteiger partial charge < -0.3 is 0 Å². The van der Waals surface area contributed by atoms with Crippen LogP contribution in [0.1, 0.15) is 28.7 Å². The molecule has 0 nitrogen and oxygen atoms in total. The second-order valence-corrected chi connectivity index (χ2v) is 5.15. The van der Waals surface area contributed by atoms with Gasteiger partial charge in [0.05, 0.1) is 0 Å². The largest absolute Gasteiger partial charge is 0.0843 e. The number of benzene rings is 2. The van der Waals surface area contributed by atoms with Gasteiger partial charge in [-0.3, -0.25) is 0 Å². The fourth-order valence-corrected chi connectivity index (χ4v) is 2.81. The van der Waals surface area contributed by atoms with E-state index in [0.29, 0.717) is 0 Å². The van der Waals surface area contributed by atoms with E-state index < -0.39 is 0 Å². The molecule has 2 aromatic carbocycles. The van der Waals surface area contributed by atoms with Gasteiger partial charge in [-0.25, -0.2) is 0 Å². The van der Waals surface area contributed by atoms with Gasteiger partial charge in [0.2, 0.25) is 0 Å². The first kappa shape index (κ1) is 10.9. The van der Waals surface area contributed by atoms with Crippen molar-refractivity contribution >= 4 is 11.6 Å². The minimum absolute atomic E-state index is 0.812. The van der Waals surface area contributed by atoms with E-state index in [1.54, 1.807) is 11.1 Å². The molecular formula is C16H15Cl. The van der Waals surface area contributed by atoms with E-state index in [2.05, 4.69) is 30.3 Å². The first-order valence-corrected chi connectivity index (χ1v) is 6.55. The summed E-state index contributed by atoms with van der Waals surface area (Å²) in [6, 6.07) is 14.9. The van der Waals surface area contributed by atoms with Crippen LogP contribution in [0.5, 0.6) is 0 Å². The molecule has 0 aromatic heterocycles. The molecule has 0 saturated heterocycles. The Hall–Kier alpha value is -1.27. The van der Waals surface area contributed by atoms with Crippen molar-refractivity contribution in [3.8, 4) is 0 Å². The summed E-state index contributed by atoms with van der Waals surface area (Å²) >= 11 is 5.91. The normalized spacial score (nSPS) is 13.7. The zero-order valence-corrected chi connectivity index (χ0v) is 10.5. The molecule has 0 heterocycles. The molecule has 17 heavy (non-hydrogen) atoms. The van der Waals surface area contributed by atoms with Gasteiger partial charge in [0.1, 0.15) is 0 Å². The van der Waals surface area contributed by atoms with Crippen molar-refractivity contribution in [2.45, 2.75) is 25.7 Å². The Morgan fingerprint density at radius 1 is 0.941 bits per heavy atom. The van der Waals surface area contributed by atoms with E-state index in [0.717, 1.165) is 11.4 Å². The summed E-state index contributed by atoms with van der Waals surface area (Å²) in [4.78, 5) is 0. The number of hydrogen-bond acceptors (Lipinski definition) is 0. The van der Waals surface area contributed by atoms with Crippen LogP contribution < -0.4 is 0 Å². The molecule has 1 aliphatic carbocycles. The highest BCUT2D eigenvalue weighted by atomic mass is 35.5. The molecule has 0 saturated carbocycles. The zero-order chi connectivity index (χ0) is 11.7. The molecule has 2 aromatic rings. The molecule has 0 N–H and O–H groups in total. The highest BCUT2D eigenvalue weighted by molar-refractivity contribution is 6.30. The standard InChI is InChI=1S/C16H15Cl/c17-15-9-7-12(8-10-15)11-14-5-1-3-13-4-2-6-16(13)14/h1,3,5,7-10H,2,4,6,11H2. The Morgan fingerprint density at radius 2 is 1.76 bits per heavy atom. The lowest BCUT2D eigenvalue weighted by Gasteiger charge is -2.08. The average molecular weight is 243 g/mol. The van der Waals surface area contributed by atoms with Crippen LogP contribution in [0.3, 0.4) is 0 Å². The number of aryl methyl sites for hydroxylation is 1. The molecule has 0 unspecified atom stereocenters. The zero-order valence-electron chi connectivity index (χ0n) is 9.75. The molecule has 0 spiro atoms.